The van der Waals surface area contributed by atoms with Crippen LogP contribution in [0.1, 0.15) is 19.4 Å². The predicted molar refractivity (Wildman–Crippen MR) is 89.1 cm³/mol. The summed E-state index contributed by atoms with van der Waals surface area (Å²) in [5.41, 5.74) is 1.04. The van der Waals surface area contributed by atoms with Crippen molar-refractivity contribution in [1.82, 2.24) is 10.2 Å². The molecule has 4 nitrogen and oxygen atoms in total. The summed E-state index contributed by atoms with van der Waals surface area (Å²) in [6, 6.07) is 7.75. The molecule has 0 bridgehead atoms. The van der Waals surface area contributed by atoms with Crippen LogP contribution in [0.3, 0.4) is 0 Å². The molecule has 1 rings (SSSR count). The van der Waals surface area contributed by atoms with Gasteiger partial charge in [-0.1, -0.05) is 23.7 Å². The van der Waals surface area contributed by atoms with E-state index >= 15 is 0 Å². The van der Waals surface area contributed by atoms with Crippen LogP contribution in [0.4, 0.5) is 0 Å². The zero-order valence-electron chi connectivity index (χ0n) is 12.8. The van der Waals surface area contributed by atoms with E-state index in [0.29, 0.717) is 31.3 Å². The number of rotatable bonds is 8. The number of hydrogen-bond donors (Lipinski definition) is 1. The summed E-state index contributed by atoms with van der Waals surface area (Å²) in [7, 11) is 1.64. The van der Waals surface area contributed by atoms with Gasteiger partial charge in [0.05, 0.1) is 13.2 Å². The zero-order valence-corrected chi connectivity index (χ0v) is 14.3. The number of carbonyl (C=O) groups excluding carboxylic acids is 1. The molecule has 0 saturated heterocycles. The maximum Gasteiger partial charge on any atom is 0.237 e. The van der Waals surface area contributed by atoms with Crippen LogP contribution in [0.2, 0.25) is 5.02 Å². The van der Waals surface area contributed by atoms with Gasteiger partial charge in [-0.25, -0.2) is 0 Å². The molecule has 0 heterocycles. The van der Waals surface area contributed by atoms with Crippen LogP contribution in [0.5, 0.6) is 0 Å². The van der Waals surface area contributed by atoms with E-state index in [4.69, 9.17) is 16.3 Å². The number of halogens is 2. The van der Waals surface area contributed by atoms with Gasteiger partial charge in [-0.05, 0) is 31.5 Å². The Labute approximate surface area is 138 Å². The van der Waals surface area contributed by atoms with E-state index in [-0.39, 0.29) is 24.4 Å². The summed E-state index contributed by atoms with van der Waals surface area (Å²) < 4.78 is 4.94. The molecule has 120 valence electrons. The lowest BCUT2D eigenvalue weighted by Gasteiger charge is -2.27. The number of ether oxygens (including phenoxy) is 1. The van der Waals surface area contributed by atoms with E-state index in [1.165, 1.54) is 0 Å². The molecule has 0 aromatic heterocycles. The van der Waals surface area contributed by atoms with E-state index in [1.807, 2.05) is 43.0 Å². The Hall–Kier alpha value is -0.810. The minimum atomic E-state index is 0. The standard InChI is InChI=1S/C15H23ClN2O2.ClH/c1-12(2)18(15(19)10-17-7-8-20-3)11-13-5-4-6-14(16)9-13;/h4-6,9,12,17H,7-8,10-11H2,1-3H3;1H. The van der Waals surface area contributed by atoms with Crippen molar-refractivity contribution in [1.29, 1.82) is 0 Å². The maximum absolute atomic E-state index is 12.2. The molecule has 0 fully saturated rings. The van der Waals surface area contributed by atoms with Crippen molar-refractivity contribution in [2.45, 2.75) is 26.4 Å². The summed E-state index contributed by atoms with van der Waals surface area (Å²) >= 11 is 5.98. The Bertz CT molecular complexity index is 428. The molecule has 0 saturated carbocycles. The number of benzene rings is 1. The van der Waals surface area contributed by atoms with Gasteiger partial charge in [-0.2, -0.15) is 0 Å². The molecule has 6 heteroatoms. The summed E-state index contributed by atoms with van der Waals surface area (Å²) in [6.45, 7) is 6.19. The van der Waals surface area contributed by atoms with Gasteiger partial charge in [0.2, 0.25) is 5.91 Å². The van der Waals surface area contributed by atoms with Gasteiger partial charge in [-0.3, -0.25) is 4.79 Å². The fourth-order valence-electron chi connectivity index (χ4n) is 1.86. The summed E-state index contributed by atoms with van der Waals surface area (Å²) in [5.74, 6) is 0.0797. The molecule has 1 amide bonds. The van der Waals surface area contributed by atoms with Crippen LogP contribution >= 0.6 is 24.0 Å². The Balaban J connectivity index is 0.00000400. The average molecular weight is 335 g/mol. The molecule has 0 unspecified atom stereocenters. The first-order valence-corrected chi connectivity index (χ1v) is 7.16. The molecule has 0 radical (unpaired) electrons. The fraction of sp³-hybridized carbons (Fsp3) is 0.533. The van der Waals surface area contributed by atoms with Gasteiger partial charge in [0.25, 0.3) is 0 Å². The van der Waals surface area contributed by atoms with Crippen LogP contribution in [0.15, 0.2) is 24.3 Å². The van der Waals surface area contributed by atoms with Gasteiger partial charge < -0.3 is 15.0 Å². The minimum Gasteiger partial charge on any atom is -0.383 e. The molecule has 0 aliphatic carbocycles. The average Bonchev–Trinajstić information content (AvgIpc) is 2.40. The van der Waals surface area contributed by atoms with Crippen molar-refractivity contribution in [3.05, 3.63) is 34.9 Å². The smallest absolute Gasteiger partial charge is 0.237 e. The van der Waals surface area contributed by atoms with Gasteiger partial charge >= 0.3 is 0 Å². The molecular weight excluding hydrogens is 311 g/mol. The number of methoxy groups -OCH3 is 1. The Morgan fingerprint density at radius 1 is 1.43 bits per heavy atom. The van der Waals surface area contributed by atoms with E-state index < -0.39 is 0 Å². The van der Waals surface area contributed by atoms with E-state index in [2.05, 4.69) is 5.32 Å². The summed E-state index contributed by atoms with van der Waals surface area (Å²) in [5, 5.41) is 3.77. The summed E-state index contributed by atoms with van der Waals surface area (Å²) in [4.78, 5) is 14.1. The predicted octanol–water partition coefficient (Wildman–Crippen LogP) is 2.73. The highest BCUT2D eigenvalue weighted by Gasteiger charge is 2.16. The lowest BCUT2D eigenvalue weighted by Crippen LogP contribution is -2.42. The lowest BCUT2D eigenvalue weighted by atomic mass is 10.2. The Kier molecular flexibility index (Phi) is 10.4. The fourth-order valence-corrected chi connectivity index (χ4v) is 2.07. The van der Waals surface area contributed by atoms with Gasteiger partial charge in [-0.15, -0.1) is 12.4 Å². The SMILES string of the molecule is COCCNCC(=O)N(Cc1cccc(Cl)c1)C(C)C.Cl. The van der Waals surface area contributed by atoms with Crippen LogP contribution in [0.25, 0.3) is 0 Å². The molecule has 1 aromatic carbocycles. The number of amides is 1. The van der Waals surface area contributed by atoms with Crippen LogP contribution in [-0.2, 0) is 16.1 Å². The second-order valence-electron chi connectivity index (χ2n) is 4.91. The van der Waals surface area contributed by atoms with Gasteiger partial charge in [0.1, 0.15) is 0 Å². The molecular formula is C15H24Cl2N2O2. The van der Waals surface area contributed by atoms with Crippen LogP contribution in [0, 0.1) is 0 Å². The first-order valence-electron chi connectivity index (χ1n) is 6.78. The maximum atomic E-state index is 12.2. The van der Waals surface area contributed by atoms with Gasteiger partial charge in [0, 0.05) is 31.3 Å². The topological polar surface area (TPSA) is 41.6 Å². The number of nitrogens with zero attached hydrogens (tertiary/aromatic N) is 1. The Morgan fingerprint density at radius 2 is 2.14 bits per heavy atom. The number of nitrogens with one attached hydrogen (secondary N) is 1. The van der Waals surface area contributed by atoms with Crippen molar-refractivity contribution in [3.8, 4) is 0 Å². The number of carbonyl (C=O) groups is 1. The van der Waals surface area contributed by atoms with Gasteiger partial charge in [0.15, 0.2) is 0 Å². The number of hydrogen-bond acceptors (Lipinski definition) is 3. The molecule has 21 heavy (non-hydrogen) atoms. The first-order chi connectivity index (χ1) is 9.54. The first kappa shape index (κ1) is 20.2. The molecule has 0 aliphatic rings. The highest BCUT2D eigenvalue weighted by Crippen LogP contribution is 2.14. The van der Waals surface area contributed by atoms with E-state index in [0.717, 1.165) is 5.56 Å². The van der Waals surface area contributed by atoms with Crippen molar-refractivity contribution >= 4 is 29.9 Å². The summed E-state index contributed by atoms with van der Waals surface area (Å²) in [6.07, 6.45) is 0. The molecule has 1 aromatic rings. The quantitative estimate of drug-likeness (QED) is 0.743. The molecule has 0 aliphatic heterocycles. The second kappa shape index (κ2) is 10.9. The monoisotopic (exact) mass is 334 g/mol. The van der Waals surface area contributed by atoms with E-state index in [9.17, 15) is 4.79 Å². The van der Waals surface area contributed by atoms with E-state index in [1.54, 1.807) is 7.11 Å². The van der Waals surface area contributed by atoms with Crippen LogP contribution in [-0.4, -0.2) is 43.7 Å². The lowest BCUT2D eigenvalue weighted by molar-refractivity contribution is -0.132. The normalized spacial score (nSPS) is 10.3. The van der Waals surface area contributed by atoms with Crippen molar-refractivity contribution in [3.63, 3.8) is 0 Å². The minimum absolute atomic E-state index is 0. The largest absolute Gasteiger partial charge is 0.383 e. The molecule has 1 N–H and O–H groups in total. The third-order valence-corrected chi connectivity index (χ3v) is 3.18. The third kappa shape index (κ3) is 7.67. The van der Waals surface area contributed by atoms with Crippen LogP contribution < -0.4 is 5.32 Å². The zero-order chi connectivity index (χ0) is 15.0. The highest BCUT2D eigenvalue weighted by atomic mass is 35.5. The molecule has 0 atom stereocenters. The van der Waals surface area contributed by atoms with Crippen molar-refractivity contribution in [2.24, 2.45) is 0 Å². The second-order valence-corrected chi connectivity index (χ2v) is 5.35. The highest BCUT2D eigenvalue weighted by molar-refractivity contribution is 6.30. The molecule has 0 spiro atoms. The Morgan fingerprint density at radius 3 is 2.71 bits per heavy atom. The third-order valence-electron chi connectivity index (χ3n) is 2.94. The van der Waals surface area contributed by atoms with Crippen molar-refractivity contribution < 1.29 is 9.53 Å². The van der Waals surface area contributed by atoms with Crippen molar-refractivity contribution in [2.75, 3.05) is 26.8 Å².